The number of carbonyl (C=O) groups is 1. The molecule has 0 aliphatic carbocycles. The van der Waals surface area contributed by atoms with E-state index in [9.17, 15) is 4.79 Å². The molecule has 110 valence electrons. The molecule has 0 saturated heterocycles. The third kappa shape index (κ3) is 3.54. The van der Waals surface area contributed by atoms with Crippen molar-refractivity contribution in [3.63, 3.8) is 0 Å². The molecule has 0 spiro atoms. The maximum Gasteiger partial charge on any atom is 0.255 e. The smallest absolute Gasteiger partial charge is 0.255 e. The summed E-state index contributed by atoms with van der Waals surface area (Å²) in [5.74, 6) is 1.04. The van der Waals surface area contributed by atoms with Crippen molar-refractivity contribution in [2.45, 2.75) is 13.8 Å². The number of hydrogen-bond donors (Lipinski definition) is 1. The molecule has 21 heavy (non-hydrogen) atoms. The highest BCUT2D eigenvalue weighted by atomic mass is 16.5. The Labute approximate surface area is 124 Å². The quantitative estimate of drug-likeness (QED) is 0.919. The van der Waals surface area contributed by atoms with Gasteiger partial charge in [-0.05, 0) is 60.4 Å². The number of ether oxygens (including phenoxy) is 2. The number of rotatable bonds is 5. The second-order valence-corrected chi connectivity index (χ2v) is 4.93. The van der Waals surface area contributed by atoms with Crippen molar-refractivity contribution in [1.82, 2.24) is 0 Å². The SMILES string of the molecule is COc1c(C)cc(-c2cccc(OCC(N)=O)c2)cc1C. The van der Waals surface area contributed by atoms with E-state index >= 15 is 0 Å². The van der Waals surface area contributed by atoms with Crippen LogP contribution >= 0.6 is 0 Å². The Morgan fingerprint density at radius 1 is 1.10 bits per heavy atom. The van der Waals surface area contributed by atoms with Crippen molar-refractivity contribution in [3.8, 4) is 22.6 Å². The van der Waals surface area contributed by atoms with E-state index in [0.717, 1.165) is 28.0 Å². The number of hydrogen-bond acceptors (Lipinski definition) is 3. The van der Waals surface area contributed by atoms with Crippen LogP contribution in [0.25, 0.3) is 11.1 Å². The summed E-state index contributed by atoms with van der Waals surface area (Å²) in [6, 6.07) is 11.7. The van der Waals surface area contributed by atoms with Crippen molar-refractivity contribution in [2.75, 3.05) is 13.7 Å². The molecule has 2 aromatic carbocycles. The van der Waals surface area contributed by atoms with E-state index in [1.54, 1.807) is 13.2 Å². The zero-order valence-corrected chi connectivity index (χ0v) is 12.5. The van der Waals surface area contributed by atoms with Gasteiger partial charge in [-0.25, -0.2) is 0 Å². The number of methoxy groups -OCH3 is 1. The van der Waals surface area contributed by atoms with Crippen LogP contribution in [0.15, 0.2) is 36.4 Å². The van der Waals surface area contributed by atoms with Crippen LogP contribution in [-0.4, -0.2) is 19.6 Å². The predicted octanol–water partition coefficient (Wildman–Crippen LogP) is 2.84. The molecule has 4 heteroatoms. The zero-order valence-electron chi connectivity index (χ0n) is 12.5. The normalized spacial score (nSPS) is 10.2. The van der Waals surface area contributed by atoms with E-state index in [-0.39, 0.29) is 6.61 Å². The van der Waals surface area contributed by atoms with Gasteiger partial charge >= 0.3 is 0 Å². The summed E-state index contributed by atoms with van der Waals surface area (Å²) in [7, 11) is 1.67. The Kier molecular flexibility index (Phi) is 4.48. The highest BCUT2D eigenvalue weighted by Crippen LogP contribution is 2.31. The van der Waals surface area contributed by atoms with Crippen molar-refractivity contribution in [2.24, 2.45) is 5.73 Å². The first kappa shape index (κ1) is 14.9. The van der Waals surface area contributed by atoms with Gasteiger partial charge in [-0.2, -0.15) is 0 Å². The molecule has 4 nitrogen and oxygen atoms in total. The highest BCUT2D eigenvalue weighted by Gasteiger charge is 2.08. The topological polar surface area (TPSA) is 61.6 Å². The maximum atomic E-state index is 10.8. The van der Waals surface area contributed by atoms with Gasteiger partial charge in [-0.3, -0.25) is 4.79 Å². The minimum absolute atomic E-state index is 0.121. The minimum atomic E-state index is -0.489. The molecule has 2 aromatic rings. The fourth-order valence-electron chi connectivity index (χ4n) is 2.36. The van der Waals surface area contributed by atoms with Gasteiger partial charge < -0.3 is 15.2 Å². The number of nitrogens with two attached hydrogens (primary N) is 1. The predicted molar refractivity (Wildman–Crippen MR) is 82.6 cm³/mol. The van der Waals surface area contributed by atoms with E-state index < -0.39 is 5.91 Å². The third-order valence-electron chi connectivity index (χ3n) is 3.21. The van der Waals surface area contributed by atoms with Gasteiger partial charge in [-0.1, -0.05) is 12.1 Å². The second-order valence-electron chi connectivity index (χ2n) is 4.93. The molecule has 1 amide bonds. The number of aryl methyl sites for hydroxylation is 2. The van der Waals surface area contributed by atoms with Crippen molar-refractivity contribution in [3.05, 3.63) is 47.5 Å². The van der Waals surface area contributed by atoms with Crippen LogP contribution < -0.4 is 15.2 Å². The third-order valence-corrected chi connectivity index (χ3v) is 3.21. The van der Waals surface area contributed by atoms with Gasteiger partial charge in [0.1, 0.15) is 11.5 Å². The second kappa shape index (κ2) is 6.31. The Bertz CT molecular complexity index is 642. The minimum Gasteiger partial charge on any atom is -0.496 e. The van der Waals surface area contributed by atoms with Gasteiger partial charge in [0.15, 0.2) is 6.61 Å². The molecule has 0 saturated carbocycles. The molecule has 0 radical (unpaired) electrons. The molecule has 0 heterocycles. The molecular formula is C17H19NO3. The average Bonchev–Trinajstić information content (AvgIpc) is 2.45. The molecule has 0 aliphatic rings. The van der Waals surface area contributed by atoms with E-state index in [1.165, 1.54) is 0 Å². The molecule has 0 unspecified atom stereocenters. The van der Waals surface area contributed by atoms with Crippen LogP contribution in [0.5, 0.6) is 11.5 Å². The molecular weight excluding hydrogens is 266 g/mol. The monoisotopic (exact) mass is 285 g/mol. The van der Waals surface area contributed by atoms with Crippen molar-refractivity contribution in [1.29, 1.82) is 0 Å². The summed E-state index contributed by atoms with van der Waals surface area (Å²) in [5, 5.41) is 0. The first-order valence-electron chi connectivity index (χ1n) is 6.68. The Hall–Kier alpha value is -2.49. The van der Waals surface area contributed by atoms with Crippen molar-refractivity contribution >= 4 is 5.91 Å². The summed E-state index contributed by atoms with van der Waals surface area (Å²) in [6.07, 6.45) is 0. The summed E-state index contributed by atoms with van der Waals surface area (Å²) in [6.45, 7) is 3.91. The fraction of sp³-hybridized carbons (Fsp3) is 0.235. The van der Waals surface area contributed by atoms with Gasteiger partial charge in [-0.15, -0.1) is 0 Å². The molecule has 0 atom stereocenters. The first-order valence-corrected chi connectivity index (χ1v) is 6.68. The Morgan fingerprint density at radius 3 is 2.33 bits per heavy atom. The zero-order chi connectivity index (χ0) is 15.4. The summed E-state index contributed by atoms with van der Waals surface area (Å²) >= 11 is 0. The maximum absolute atomic E-state index is 10.8. The lowest BCUT2D eigenvalue weighted by Crippen LogP contribution is -2.19. The van der Waals surface area contributed by atoms with Crippen LogP contribution in [-0.2, 0) is 4.79 Å². The molecule has 0 fully saturated rings. The first-order chi connectivity index (χ1) is 10.0. The molecule has 0 aromatic heterocycles. The van der Waals surface area contributed by atoms with Gasteiger partial charge in [0.05, 0.1) is 7.11 Å². The van der Waals surface area contributed by atoms with Crippen LogP contribution in [0.4, 0.5) is 0 Å². The molecule has 2 N–H and O–H groups in total. The summed E-state index contributed by atoms with van der Waals surface area (Å²) < 4.78 is 10.7. The van der Waals surface area contributed by atoms with Gasteiger partial charge in [0, 0.05) is 0 Å². The number of primary amides is 1. The molecule has 2 rings (SSSR count). The fourth-order valence-corrected chi connectivity index (χ4v) is 2.36. The highest BCUT2D eigenvalue weighted by molar-refractivity contribution is 5.75. The summed E-state index contributed by atoms with van der Waals surface area (Å²) in [4.78, 5) is 10.8. The van der Waals surface area contributed by atoms with Gasteiger partial charge in [0.2, 0.25) is 0 Å². The van der Waals surface area contributed by atoms with Crippen LogP contribution in [0.1, 0.15) is 11.1 Å². The molecule has 0 aliphatic heterocycles. The van der Waals surface area contributed by atoms with Gasteiger partial charge in [0.25, 0.3) is 5.91 Å². The van der Waals surface area contributed by atoms with E-state index in [2.05, 4.69) is 12.1 Å². The van der Waals surface area contributed by atoms with Crippen LogP contribution in [0.2, 0.25) is 0 Å². The van der Waals surface area contributed by atoms with Crippen molar-refractivity contribution < 1.29 is 14.3 Å². The molecule has 0 bridgehead atoms. The number of benzene rings is 2. The summed E-state index contributed by atoms with van der Waals surface area (Å²) in [5.41, 5.74) is 9.34. The van der Waals surface area contributed by atoms with E-state index in [0.29, 0.717) is 5.75 Å². The number of amides is 1. The lowest BCUT2D eigenvalue weighted by atomic mass is 9.99. The lowest BCUT2D eigenvalue weighted by Gasteiger charge is -2.12. The largest absolute Gasteiger partial charge is 0.496 e. The van der Waals surface area contributed by atoms with Crippen LogP contribution in [0, 0.1) is 13.8 Å². The van der Waals surface area contributed by atoms with Crippen LogP contribution in [0.3, 0.4) is 0 Å². The lowest BCUT2D eigenvalue weighted by molar-refractivity contribution is -0.119. The van der Waals surface area contributed by atoms with E-state index in [4.69, 9.17) is 15.2 Å². The average molecular weight is 285 g/mol. The Balaban J connectivity index is 2.34. The Morgan fingerprint density at radius 2 is 1.76 bits per heavy atom. The standard InChI is InChI=1S/C17H19NO3/c1-11-7-14(8-12(2)17(11)20-3)13-5-4-6-15(9-13)21-10-16(18)19/h4-9H,10H2,1-3H3,(H2,18,19). The van der Waals surface area contributed by atoms with E-state index in [1.807, 2.05) is 32.0 Å². The number of carbonyl (C=O) groups excluding carboxylic acids is 1.